The zero-order chi connectivity index (χ0) is 35.5. The molecule has 0 atom stereocenters. The molecule has 0 spiro atoms. The molecule has 0 radical (unpaired) electrons. The monoisotopic (exact) mass is 679 g/mol. The lowest BCUT2D eigenvalue weighted by molar-refractivity contribution is 0.660. The van der Waals surface area contributed by atoms with Gasteiger partial charge in [0.25, 0.3) is 0 Å². The summed E-state index contributed by atoms with van der Waals surface area (Å²) in [5.41, 5.74) is 17.7. The lowest BCUT2D eigenvalue weighted by Crippen LogP contribution is -2.15. The standard InChI is InChI=1S/C51H37NO/c1-51(2)47-14-8-6-12-43(47)45-33-42(29-30-48(45)51)52(40-25-20-37(21-26-40)36-18-16-35(17-19-36)34-10-4-3-5-11-34)41-27-22-38(23-28-41)39-24-31-50-46(32-39)44-13-7-9-15-49(44)53-50/h3-33H,1-2H3. The number of furan rings is 1. The zero-order valence-electron chi connectivity index (χ0n) is 29.8. The summed E-state index contributed by atoms with van der Waals surface area (Å²) in [5, 5.41) is 2.28. The highest BCUT2D eigenvalue weighted by Crippen LogP contribution is 2.50. The van der Waals surface area contributed by atoms with Crippen molar-refractivity contribution in [1.82, 2.24) is 0 Å². The number of benzene rings is 8. The Morgan fingerprint density at radius 1 is 0.358 bits per heavy atom. The fraction of sp³-hybridized carbons (Fsp3) is 0.0588. The Morgan fingerprint density at radius 2 is 0.849 bits per heavy atom. The first-order valence-electron chi connectivity index (χ1n) is 18.3. The molecule has 2 heteroatoms. The average molecular weight is 680 g/mol. The topological polar surface area (TPSA) is 16.4 Å². The second-order valence-electron chi connectivity index (χ2n) is 14.6. The summed E-state index contributed by atoms with van der Waals surface area (Å²) in [6.45, 7) is 4.67. The van der Waals surface area contributed by atoms with Crippen molar-refractivity contribution in [3.63, 3.8) is 0 Å². The van der Waals surface area contributed by atoms with E-state index < -0.39 is 0 Å². The van der Waals surface area contributed by atoms with Crippen molar-refractivity contribution in [2.24, 2.45) is 0 Å². The highest BCUT2D eigenvalue weighted by atomic mass is 16.3. The molecule has 0 bridgehead atoms. The molecule has 53 heavy (non-hydrogen) atoms. The number of anilines is 3. The molecule has 0 N–H and O–H groups in total. The van der Waals surface area contributed by atoms with E-state index >= 15 is 0 Å². The van der Waals surface area contributed by atoms with Gasteiger partial charge in [-0.2, -0.15) is 0 Å². The van der Waals surface area contributed by atoms with Crippen LogP contribution in [0.3, 0.4) is 0 Å². The van der Waals surface area contributed by atoms with E-state index in [1.807, 2.05) is 12.1 Å². The van der Waals surface area contributed by atoms with E-state index in [4.69, 9.17) is 4.42 Å². The Bertz CT molecular complexity index is 2770. The van der Waals surface area contributed by atoms with Gasteiger partial charge < -0.3 is 9.32 Å². The fourth-order valence-electron chi connectivity index (χ4n) is 8.29. The minimum Gasteiger partial charge on any atom is -0.456 e. The Hall–Kier alpha value is -6.64. The van der Waals surface area contributed by atoms with Crippen LogP contribution in [0.25, 0.3) is 66.4 Å². The number of nitrogens with zero attached hydrogens (tertiary/aromatic N) is 1. The lowest BCUT2D eigenvalue weighted by Gasteiger charge is -2.27. The van der Waals surface area contributed by atoms with Crippen LogP contribution >= 0.6 is 0 Å². The van der Waals surface area contributed by atoms with E-state index in [1.54, 1.807) is 0 Å². The Morgan fingerprint density at radius 3 is 1.55 bits per heavy atom. The molecule has 0 amide bonds. The maximum Gasteiger partial charge on any atom is 0.135 e. The third-order valence-corrected chi connectivity index (χ3v) is 11.1. The molecule has 1 heterocycles. The maximum atomic E-state index is 6.11. The molecule has 9 aromatic rings. The molecular formula is C51H37NO. The first kappa shape index (κ1) is 31.1. The average Bonchev–Trinajstić information content (AvgIpc) is 3.70. The molecule has 1 aliphatic rings. The van der Waals surface area contributed by atoms with E-state index in [0.29, 0.717) is 0 Å². The van der Waals surface area contributed by atoms with Crippen molar-refractivity contribution in [3.8, 4) is 44.5 Å². The first-order valence-corrected chi connectivity index (χ1v) is 18.3. The number of para-hydroxylation sites is 1. The number of hydrogen-bond acceptors (Lipinski definition) is 2. The number of fused-ring (bicyclic) bond motifs is 6. The Labute approximate surface area is 310 Å². The van der Waals surface area contributed by atoms with E-state index in [2.05, 4.69) is 195 Å². The van der Waals surface area contributed by atoms with Crippen molar-refractivity contribution in [2.75, 3.05) is 4.90 Å². The molecule has 2 nitrogen and oxygen atoms in total. The van der Waals surface area contributed by atoms with Gasteiger partial charge in [0.15, 0.2) is 0 Å². The van der Waals surface area contributed by atoms with Gasteiger partial charge in [0.05, 0.1) is 0 Å². The van der Waals surface area contributed by atoms with Crippen LogP contribution in [0.4, 0.5) is 17.1 Å². The van der Waals surface area contributed by atoms with Gasteiger partial charge in [-0.25, -0.2) is 0 Å². The summed E-state index contributed by atoms with van der Waals surface area (Å²) in [6, 6.07) is 67.9. The highest BCUT2D eigenvalue weighted by Gasteiger charge is 2.35. The maximum absolute atomic E-state index is 6.11. The molecule has 10 rings (SSSR count). The van der Waals surface area contributed by atoms with Crippen LogP contribution in [0, 0.1) is 0 Å². The summed E-state index contributed by atoms with van der Waals surface area (Å²) >= 11 is 0. The van der Waals surface area contributed by atoms with E-state index in [-0.39, 0.29) is 5.41 Å². The summed E-state index contributed by atoms with van der Waals surface area (Å²) < 4.78 is 6.11. The van der Waals surface area contributed by atoms with Gasteiger partial charge in [-0.3, -0.25) is 0 Å². The van der Waals surface area contributed by atoms with Gasteiger partial charge in [-0.1, -0.05) is 147 Å². The van der Waals surface area contributed by atoms with Crippen LogP contribution in [0.15, 0.2) is 192 Å². The predicted octanol–water partition coefficient (Wildman–Crippen LogP) is 14.4. The Kier molecular flexibility index (Phi) is 7.19. The molecule has 252 valence electrons. The quantitative estimate of drug-likeness (QED) is 0.174. The molecule has 0 aliphatic heterocycles. The molecule has 1 aliphatic carbocycles. The van der Waals surface area contributed by atoms with Gasteiger partial charge in [-0.15, -0.1) is 0 Å². The summed E-state index contributed by atoms with van der Waals surface area (Å²) in [5.74, 6) is 0. The Balaban J connectivity index is 1.04. The van der Waals surface area contributed by atoms with Crippen molar-refractivity contribution in [1.29, 1.82) is 0 Å². The molecule has 0 saturated carbocycles. The van der Waals surface area contributed by atoms with Gasteiger partial charge in [0.2, 0.25) is 0 Å². The van der Waals surface area contributed by atoms with Crippen molar-refractivity contribution in [3.05, 3.63) is 199 Å². The molecule has 8 aromatic carbocycles. The first-order chi connectivity index (χ1) is 26.0. The zero-order valence-corrected chi connectivity index (χ0v) is 29.8. The summed E-state index contributed by atoms with van der Waals surface area (Å²) in [7, 11) is 0. The smallest absolute Gasteiger partial charge is 0.135 e. The molecule has 0 fully saturated rings. The third-order valence-electron chi connectivity index (χ3n) is 11.1. The van der Waals surface area contributed by atoms with Crippen molar-refractivity contribution in [2.45, 2.75) is 19.3 Å². The van der Waals surface area contributed by atoms with E-state index in [9.17, 15) is 0 Å². The van der Waals surface area contributed by atoms with Gasteiger partial charge in [-0.05, 0) is 110 Å². The lowest BCUT2D eigenvalue weighted by atomic mass is 9.82. The van der Waals surface area contributed by atoms with Crippen LogP contribution in [0.5, 0.6) is 0 Å². The predicted molar refractivity (Wildman–Crippen MR) is 222 cm³/mol. The minimum atomic E-state index is -0.0456. The van der Waals surface area contributed by atoms with Crippen LogP contribution in [0.2, 0.25) is 0 Å². The van der Waals surface area contributed by atoms with Crippen LogP contribution in [0.1, 0.15) is 25.0 Å². The molecular weight excluding hydrogens is 643 g/mol. The summed E-state index contributed by atoms with van der Waals surface area (Å²) in [6.07, 6.45) is 0. The van der Waals surface area contributed by atoms with Crippen LogP contribution in [-0.2, 0) is 5.41 Å². The van der Waals surface area contributed by atoms with E-state index in [0.717, 1.165) is 39.0 Å². The fourth-order valence-corrected chi connectivity index (χ4v) is 8.29. The van der Waals surface area contributed by atoms with Gasteiger partial charge in [0, 0.05) is 33.2 Å². The summed E-state index contributed by atoms with van der Waals surface area (Å²) in [4.78, 5) is 2.38. The van der Waals surface area contributed by atoms with Gasteiger partial charge >= 0.3 is 0 Å². The third kappa shape index (κ3) is 5.26. The highest BCUT2D eigenvalue weighted by molar-refractivity contribution is 6.06. The van der Waals surface area contributed by atoms with Crippen LogP contribution < -0.4 is 4.90 Å². The minimum absolute atomic E-state index is 0.0456. The van der Waals surface area contributed by atoms with Crippen LogP contribution in [-0.4, -0.2) is 0 Å². The van der Waals surface area contributed by atoms with Gasteiger partial charge in [0.1, 0.15) is 11.2 Å². The van der Waals surface area contributed by atoms with E-state index in [1.165, 1.54) is 55.6 Å². The second kappa shape index (κ2) is 12.3. The van der Waals surface area contributed by atoms with Crippen molar-refractivity contribution < 1.29 is 4.42 Å². The molecule has 1 aromatic heterocycles. The number of hydrogen-bond donors (Lipinski definition) is 0. The molecule has 0 saturated heterocycles. The van der Waals surface area contributed by atoms with Crippen molar-refractivity contribution >= 4 is 39.0 Å². The largest absolute Gasteiger partial charge is 0.456 e. The normalized spacial score (nSPS) is 12.9. The SMILES string of the molecule is CC1(C)c2ccccc2-c2cc(N(c3ccc(-c4ccc(-c5ccccc5)cc4)cc3)c3ccc(-c4ccc5oc6ccccc6c5c4)cc3)ccc21. The second-order valence-corrected chi connectivity index (χ2v) is 14.6. The number of rotatable bonds is 6. The molecule has 0 unspecified atom stereocenters.